The molecule has 0 spiro atoms. The highest BCUT2D eigenvalue weighted by molar-refractivity contribution is 5.70. The maximum atomic E-state index is 12.4. The first-order valence-electron chi connectivity index (χ1n) is 11.0. The molecule has 1 aliphatic rings. The van der Waals surface area contributed by atoms with Crippen molar-refractivity contribution in [1.29, 1.82) is 0 Å². The van der Waals surface area contributed by atoms with Gasteiger partial charge in [0.15, 0.2) is 0 Å². The van der Waals surface area contributed by atoms with Gasteiger partial charge in [0.05, 0.1) is 19.1 Å². The van der Waals surface area contributed by atoms with Crippen LogP contribution >= 0.6 is 0 Å². The number of rotatable bonds is 6. The number of nitrogens with two attached hydrogens (primary N) is 1. The Morgan fingerprint density at radius 2 is 2.03 bits per heavy atom. The Balaban J connectivity index is 3.14. The van der Waals surface area contributed by atoms with Crippen molar-refractivity contribution in [2.75, 3.05) is 6.61 Å². The molecule has 0 saturated heterocycles. The molecule has 1 heterocycles. The topological polar surface area (TPSA) is 145 Å². The lowest BCUT2D eigenvalue weighted by Crippen LogP contribution is -2.42. The highest BCUT2D eigenvalue weighted by Crippen LogP contribution is 2.26. The zero-order valence-electron chi connectivity index (χ0n) is 20.0. The summed E-state index contributed by atoms with van der Waals surface area (Å²) in [4.78, 5) is 34.7. The Hall–Kier alpha value is -2.65. The lowest BCUT2D eigenvalue weighted by Gasteiger charge is -2.32. The molecule has 0 radical (unpaired) electrons. The number of allylic oxidation sites excluding steroid dienone is 2. The molecule has 9 nitrogen and oxygen atoms in total. The first kappa shape index (κ1) is 28.4. The fourth-order valence-corrected chi connectivity index (χ4v) is 3.39. The largest absolute Gasteiger partial charge is 0.457 e. The predicted octanol–water partition coefficient (Wildman–Crippen LogP) is 2.55. The number of aliphatic hydroxyl groups is 2. The standard InChI is InChI=1S/C24H37NO8/c1-15(14-31-23(25)29)7-6-8-16(2)22-17(3)9-10-20(32-18(4)26)24(5,30)12-11-19(27)13-21(28)33-22/h6-10,15,17,19-20,22,27,30H,11-14H2,1-5H3,(H2,25,29)/b7-6+,10-9+,16-8+/t15-,17+,19+,20+,22-,24+/m1/s1. The minimum atomic E-state index is -1.42. The van der Waals surface area contributed by atoms with E-state index in [1.54, 1.807) is 31.2 Å². The van der Waals surface area contributed by atoms with Crippen molar-refractivity contribution in [3.63, 3.8) is 0 Å². The van der Waals surface area contributed by atoms with Gasteiger partial charge in [-0.05, 0) is 38.3 Å². The molecule has 0 saturated carbocycles. The summed E-state index contributed by atoms with van der Waals surface area (Å²) in [6.07, 6.45) is 5.34. The quantitative estimate of drug-likeness (QED) is 0.234. The van der Waals surface area contributed by atoms with Crippen molar-refractivity contribution in [2.24, 2.45) is 17.6 Å². The average Bonchev–Trinajstić information content (AvgIpc) is 2.70. The van der Waals surface area contributed by atoms with Crippen molar-refractivity contribution in [3.05, 3.63) is 36.0 Å². The van der Waals surface area contributed by atoms with Crippen molar-refractivity contribution in [3.8, 4) is 0 Å². The summed E-state index contributed by atoms with van der Waals surface area (Å²) in [6.45, 7) is 8.43. The van der Waals surface area contributed by atoms with Crippen LogP contribution in [-0.4, -0.2) is 58.8 Å². The van der Waals surface area contributed by atoms with E-state index in [1.807, 2.05) is 19.9 Å². The molecule has 4 N–H and O–H groups in total. The highest BCUT2D eigenvalue weighted by atomic mass is 16.6. The first-order valence-corrected chi connectivity index (χ1v) is 11.0. The van der Waals surface area contributed by atoms with Gasteiger partial charge >= 0.3 is 18.0 Å². The molecule has 186 valence electrons. The number of carbonyl (C=O) groups excluding carboxylic acids is 3. The third kappa shape index (κ3) is 10.7. The molecule has 1 aliphatic heterocycles. The molecule has 1 rings (SSSR count). The van der Waals surface area contributed by atoms with E-state index in [9.17, 15) is 24.6 Å². The molecule has 0 aromatic carbocycles. The number of ether oxygens (including phenoxy) is 3. The van der Waals surface area contributed by atoms with Crippen LogP contribution in [0, 0.1) is 11.8 Å². The molecular weight excluding hydrogens is 430 g/mol. The van der Waals surface area contributed by atoms with Gasteiger partial charge < -0.3 is 30.2 Å². The molecule has 33 heavy (non-hydrogen) atoms. The Bertz CT molecular complexity index is 770. The monoisotopic (exact) mass is 467 g/mol. The van der Waals surface area contributed by atoms with Gasteiger partial charge in [0, 0.05) is 18.8 Å². The van der Waals surface area contributed by atoms with Crippen LogP contribution in [0.25, 0.3) is 0 Å². The predicted molar refractivity (Wildman–Crippen MR) is 122 cm³/mol. The number of cyclic esters (lactones) is 1. The second-order valence-electron chi connectivity index (χ2n) is 8.84. The van der Waals surface area contributed by atoms with Crippen molar-refractivity contribution in [1.82, 2.24) is 0 Å². The molecule has 0 aromatic rings. The molecule has 1 amide bonds. The zero-order chi connectivity index (χ0) is 25.2. The normalized spacial score (nSPS) is 31.6. The zero-order valence-corrected chi connectivity index (χ0v) is 20.0. The number of hydrogen-bond acceptors (Lipinski definition) is 8. The number of hydrogen-bond donors (Lipinski definition) is 3. The lowest BCUT2D eigenvalue weighted by atomic mass is 9.88. The number of primary amides is 1. The maximum absolute atomic E-state index is 12.4. The van der Waals surface area contributed by atoms with E-state index in [-0.39, 0.29) is 37.7 Å². The summed E-state index contributed by atoms with van der Waals surface area (Å²) < 4.78 is 15.7. The van der Waals surface area contributed by atoms with E-state index in [2.05, 4.69) is 0 Å². The number of esters is 2. The number of aliphatic hydroxyl groups excluding tert-OH is 1. The lowest BCUT2D eigenvalue weighted by molar-refractivity contribution is -0.157. The van der Waals surface area contributed by atoms with E-state index >= 15 is 0 Å². The van der Waals surface area contributed by atoms with Crippen LogP contribution in [0.2, 0.25) is 0 Å². The second-order valence-corrected chi connectivity index (χ2v) is 8.84. The summed E-state index contributed by atoms with van der Waals surface area (Å²) in [6, 6.07) is 0. The van der Waals surface area contributed by atoms with Crippen LogP contribution in [0.4, 0.5) is 4.79 Å². The van der Waals surface area contributed by atoms with E-state index < -0.39 is 41.9 Å². The van der Waals surface area contributed by atoms with Gasteiger partial charge in [0.2, 0.25) is 0 Å². The summed E-state index contributed by atoms with van der Waals surface area (Å²) in [7, 11) is 0. The summed E-state index contributed by atoms with van der Waals surface area (Å²) in [5, 5.41) is 21.1. The summed E-state index contributed by atoms with van der Waals surface area (Å²) in [5.74, 6) is -1.48. The van der Waals surface area contributed by atoms with Crippen LogP contribution in [0.15, 0.2) is 36.0 Å². The number of carbonyl (C=O) groups is 3. The van der Waals surface area contributed by atoms with E-state index in [0.29, 0.717) is 0 Å². The average molecular weight is 468 g/mol. The second kappa shape index (κ2) is 13.2. The van der Waals surface area contributed by atoms with E-state index in [0.717, 1.165) is 5.57 Å². The molecule has 0 unspecified atom stereocenters. The van der Waals surface area contributed by atoms with Crippen molar-refractivity contribution in [2.45, 2.75) is 77.8 Å². The van der Waals surface area contributed by atoms with Gasteiger partial charge in [0.1, 0.15) is 17.8 Å². The van der Waals surface area contributed by atoms with Crippen LogP contribution in [-0.2, 0) is 23.8 Å². The van der Waals surface area contributed by atoms with Crippen LogP contribution in [0.3, 0.4) is 0 Å². The fourth-order valence-electron chi connectivity index (χ4n) is 3.39. The van der Waals surface area contributed by atoms with E-state index in [4.69, 9.17) is 19.9 Å². The molecule has 0 fully saturated rings. The molecule has 0 bridgehead atoms. The Morgan fingerprint density at radius 3 is 2.64 bits per heavy atom. The van der Waals surface area contributed by atoms with Gasteiger partial charge in [0.25, 0.3) is 0 Å². The van der Waals surface area contributed by atoms with E-state index in [1.165, 1.54) is 13.8 Å². The molecule has 6 atom stereocenters. The maximum Gasteiger partial charge on any atom is 0.404 e. The first-order chi connectivity index (χ1) is 15.3. The highest BCUT2D eigenvalue weighted by Gasteiger charge is 2.34. The SMILES string of the molecule is CC(=O)O[C@H]1/C=C/[C@H](C)[C@@H](/C(C)=C/C=C/[C@@H](C)COC(N)=O)OC(=O)C[C@@H](O)CC[C@]1(C)O. The smallest absolute Gasteiger partial charge is 0.404 e. The Morgan fingerprint density at radius 1 is 1.36 bits per heavy atom. The Labute approximate surface area is 195 Å². The fraction of sp³-hybridized carbons (Fsp3) is 0.625. The van der Waals surface area contributed by atoms with Crippen LogP contribution in [0.1, 0.15) is 53.9 Å². The van der Waals surface area contributed by atoms with Gasteiger partial charge in [-0.15, -0.1) is 0 Å². The minimum absolute atomic E-state index is 0.0698. The molecule has 0 aliphatic carbocycles. The van der Waals surface area contributed by atoms with Crippen molar-refractivity contribution < 1.29 is 38.8 Å². The van der Waals surface area contributed by atoms with Gasteiger partial charge in [-0.2, -0.15) is 0 Å². The summed E-state index contributed by atoms with van der Waals surface area (Å²) in [5.41, 5.74) is 4.29. The van der Waals surface area contributed by atoms with Crippen LogP contribution in [0.5, 0.6) is 0 Å². The van der Waals surface area contributed by atoms with Gasteiger partial charge in [-0.25, -0.2) is 4.79 Å². The third-order valence-corrected chi connectivity index (χ3v) is 5.35. The molecule has 0 aromatic heterocycles. The van der Waals surface area contributed by atoms with Crippen LogP contribution < -0.4 is 5.73 Å². The minimum Gasteiger partial charge on any atom is -0.457 e. The van der Waals surface area contributed by atoms with Gasteiger partial charge in [-0.3, -0.25) is 9.59 Å². The number of amides is 1. The molecule has 9 heteroatoms. The summed E-state index contributed by atoms with van der Waals surface area (Å²) >= 11 is 0. The third-order valence-electron chi connectivity index (χ3n) is 5.35. The van der Waals surface area contributed by atoms with Gasteiger partial charge in [-0.1, -0.05) is 38.2 Å². The Kier molecular flexibility index (Phi) is 11.3. The van der Waals surface area contributed by atoms with Crippen molar-refractivity contribution >= 4 is 18.0 Å². The molecular formula is C24H37NO8.